The predicted molar refractivity (Wildman–Crippen MR) is 116 cm³/mol. The van der Waals surface area contributed by atoms with E-state index in [1.165, 1.54) is 9.03 Å². The SMILES string of the molecule is Cc1ccnc2nc(C(=O)OCc3ccc(COC(=O)c4nc5nccc(C)n5n4)cc3)nn12. The van der Waals surface area contributed by atoms with Crippen molar-refractivity contribution in [1.82, 2.24) is 39.2 Å². The molecule has 4 aromatic heterocycles. The van der Waals surface area contributed by atoms with E-state index in [0.717, 1.165) is 22.5 Å². The van der Waals surface area contributed by atoms with Crippen molar-refractivity contribution >= 4 is 23.5 Å². The monoisotopic (exact) mass is 458 g/mol. The summed E-state index contributed by atoms with van der Waals surface area (Å²) in [5.74, 6) is -0.750. The summed E-state index contributed by atoms with van der Waals surface area (Å²) >= 11 is 0. The van der Waals surface area contributed by atoms with E-state index in [1.54, 1.807) is 48.8 Å². The number of carbonyl (C=O) groups excluding carboxylic acids is 2. The van der Waals surface area contributed by atoms with Gasteiger partial charge in [-0.25, -0.2) is 28.6 Å². The van der Waals surface area contributed by atoms with Crippen LogP contribution in [-0.4, -0.2) is 51.1 Å². The smallest absolute Gasteiger partial charge is 0.378 e. The average molecular weight is 458 g/mol. The number of benzene rings is 1. The highest BCUT2D eigenvalue weighted by molar-refractivity contribution is 5.86. The van der Waals surface area contributed by atoms with Gasteiger partial charge in [0, 0.05) is 23.8 Å². The number of hydrogen-bond acceptors (Lipinski definition) is 10. The molecule has 4 heterocycles. The van der Waals surface area contributed by atoms with Crippen molar-refractivity contribution in [2.45, 2.75) is 27.1 Å². The van der Waals surface area contributed by atoms with Gasteiger partial charge in [0.05, 0.1) is 0 Å². The number of nitrogens with zero attached hydrogens (tertiary/aromatic N) is 8. The van der Waals surface area contributed by atoms with Crippen molar-refractivity contribution in [2.24, 2.45) is 0 Å². The van der Waals surface area contributed by atoms with E-state index in [0.29, 0.717) is 11.6 Å². The molecule has 12 nitrogen and oxygen atoms in total. The molecule has 0 atom stereocenters. The summed E-state index contributed by atoms with van der Waals surface area (Å²) in [6.45, 7) is 3.75. The van der Waals surface area contributed by atoms with Gasteiger partial charge in [-0.15, -0.1) is 10.2 Å². The summed E-state index contributed by atoms with van der Waals surface area (Å²) in [6.07, 6.45) is 3.19. The molecule has 0 aliphatic heterocycles. The zero-order chi connectivity index (χ0) is 23.7. The quantitative estimate of drug-likeness (QED) is 0.347. The first-order valence-electron chi connectivity index (χ1n) is 10.3. The fourth-order valence-electron chi connectivity index (χ4n) is 3.14. The molecule has 170 valence electrons. The Morgan fingerprint density at radius 2 is 1.12 bits per heavy atom. The molecule has 0 aliphatic rings. The van der Waals surface area contributed by atoms with Gasteiger partial charge < -0.3 is 9.47 Å². The van der Waals surface area contributed by atoms with Crippen LogP contribution in [0.1, 0.15) is 43.8 Å². The van der Waals surface area contributed by atoms with E-state index in [1.807, 2.05) is 13.8 Å². The molecular formula is C22H18N8O4. The van der Waals surface area contributed by atoms with Crippen LogP contribution >= 0.6 is 0 Å². The first-order valence-corrected chi connectivity index (χ1v) is 10.3. The van der Waals surface area contributed by atoms with Gasteiger partial charge in [0.15, 0.2) is 0 Å². The van der Waals surface area contributed by atoms with Crippen LogP contribution in [0.2, 0.25) is 0 Å². The molecule has 34 heavy (non-hydrogen) atoms. The number of hydrogen-bond donors (Lipinski definition) is 0. The van der Waals surface area contributed by atoms with Gasteiger partial charge >= 0.3 is 11.9 Å². The Hall–Kier alpha value is -4.74. The molecule has 5 aromatic rings. The van der Waals surface area contributed by atoms with Crippen molar-refractivity contribution in [3.63, 3.8) is 0 Å². The topological polar surface area (TPSA) is 139 Å². The lowest BCUT2D eigenvalue weighted by Crippen LogP contribution is -2.09. The van der Waals surface area contributed by atoms with Crippen LogP contribution < -0.4 is 0 Å². The predicted octanol–water partition coefficient (Wildman–Crippen LogP) is 1.89. The summed E-state index contributed by atoms with van der Waals surface area (Å²) in [7, 11) is 0. The van der Waals surface area contributed by atoms with E-state index in [9.17, 15) is 9.59 Å². The second-order valence-corrected chi connectivity index (χ2v) is 7.44. The lowest BCUT2D eigenvalue weighted by atomic mass is 10.1. The molecule has 0 fully saturated rings. The molecule has 0 amide bonds. The van der Waals surface area contributed by atoms with Crippen LogP contribution in [0.15, 0.2) is 48.8 Å². The maximum absolute atomic E-state index is 12.3. The van der Waals surface area contributed by atoms with Crippen molar-refractivity contribution in [3.8, 4) is 0 Å². The molecule has 0 aliphatic carbocycles. The van der Waals surface area contributed by atoms with Gasteiger partial charge in [-0.2, -0.15) is 9.97 Å². The van der Waals surface area contributed by atoms with Crippen LogP contribution in [-0.2, 0) is 22.7 Å². The van der Waals surface area contributed by atoms with Crippen molar-refractivity contribution in [2.75, 3.05) is 0 Å². The van der Waals surface area contributed by atoms with Gasteiger partial charge in [0.2, 0.25) is 0 Å². The molecular weight excluding hydrogens is 440 g/mol. The molecule has 5 rings (SSSR count). The van der Waals surface area contributed by atoms with Crippen LogP contribution in [0, 0.1) is 13.8 Å². The molecule has 12 heteroatoms. The van der Waals surface area contributed by atoms with Gasteiger partial charge in [0.25, 0.3) is 23.2 Å². The largest absolute Gasteiger partial charge is 0.455 e. The second kappa shape index (κ2) is 8.65. The minimum Gasteiger partial charge on any atom is -0.455 e. The van der Waals surface area contributed by atoms with Crippen LogP contribution in [0.3, 0.4) is 0 Å². The third kappa shape index (κ3) is 4.16. The lowest BCUT2D eigenvalue weighted by Gasteiger charge is -2.05. The molecule has 0 unspecified atom stereocenters. The Labute approximate surface area is 192 Å². The summed E-state index contributed by atoms with van der Waals surface area (Å²) in [4.78, 5) is 40.9. The summed E-state index contributed by atoms with van der Waals surface area (Å²) < 4.78 is 13.6. The highest BCUT2D eigenvalue weighted by Gasteiger charge is 2.17. The number of ether oxygens (including phenoxy) is 2. The third-order valence-electron chi connectivity index (χ3n) is 4.99. The van der Waals surface area contributed by atoms with E-state index in [4.69, 9.17) is 9.47 Å². The normalized spacial score (nSPS) is 11.1. The fraction of sp³-hybridized carbons (Fsp3) is 0.182. The van der Waals surface area contributed by atoms with Crippen LogP contribution in [0.4, 0.5) is 0 Å². The number of aryl methyl sites for hydroxylation is 2. The van der Waals surface area contributed by atoms with Crippen LogP contribution in [0.5, 0.6) is 0 Å². The standard InChI is InChI=1S/C22H18N8O4/c1-13-7-9-23-21-25-17(27-29(13)21)19(31)33-11-15-3-5-16(6-4-15)12-34-20(32)18-26-22-24-10-8-14(2)30(22)28-18/h3-10H,11-12H2,1-2H3. The number of carbonyl (C=O) groups is 2. The Bertz CT molecular complexity index is 1410. The second-order valence-electron chi connectivity index (χ2n) is 7.44. The van der Waals surface area contributed by atoms with Crippen molar-refractivity contribution in [3.05, 3.63) is 83.0 Å². The highest BCUT2D eigenvalue weighted by Crippen LogP contribution is 2.10. The van der Waals surface area contributed by atoms with E-state index in [-0.39, 0.29) is 24.9 Å². The van der Waals surface area contributed by atoms with E-state index in [2.05, 4.69) is 30.1 Å². The minimum atomic E-state index is -0.646. The van der Waals surface area contributed by atoms with E-state index >= 15 is 0 Å². The van der Waals surface area contributed by atoms with Crippen molar-refractivity contribution < 1.29 is 19.1 Å². The number of rotatable bonds is 6. The molecule has 0 spiro atoms. The molecule has 0 bridgehead atoms. The summed E-state index contributed by atoms with van der Waals surface area (Å²) in [6, 6.07) is 10.6. The first-order chi connectivity index (χ1) is 16.5. The Morgan fingerprint density at radius 1 is 0.706 bits per heavy atom. The van der Waals surface area contributed by atoms with Gasteiger partial charge in [-0.3, -0.25) is 0 Å². The molecule has 1 aromatic carbocycles. The third-order valence-corrected chi connectivity index (χ3v) is 4.99. The first kappa shape index (κ1) is 21.1. The minimum absolute atomic E-state index is 0.0401. The molecule has 0 saturated heterocycles. The lowest BCUT2D eigenvalue weighted by molar-refractivity contribution is 0.0446. The van der Waals surface area contributed by atoms with Crippen molar-refractivity contribution in [1.29, 1.82) is 0 Å². The van der Waals surface area contributed by atoms with Gasteiger partial charge in [-0.05, 0) is 37.1 Å². The maximum atomic E-state index is 12.3. The zero-order valence-electron chi connectivity index (χ0n) is 18.2. The van der Waals surface area contributed by atoms with Crippen LogP contribution in [0.25, 0.3) is 11.6 Å². The number of esters is 2. The Balaban J connectivity index is 1.16. The number of fused-ring (bicyclic) bond motifs is 2. The average Bonchev–Trinajstić information content (AvgIpc) is 3.48. The molecule has 0 radical (unpaired) electrons. The Kier molecular flexibility index (Phi) is 5.38. The highest BCUT2D eigenvalue weighted by atomic mass is 16.5. The molecule has 0 saturated carbocycles. The fourth-order valence-corrected chi connectivity index (χ4v) is 3.14. The molecule has 0 N–H and O–H groups in total. The van der Waals surface area contributed by atoms with E-state index < -0.39 is 11.9 Å². The Morgan fingerprint density at radius 3 is 1.50 bits per heavy atom. The van der Waals surface area contributed by atoms with Gasteiger partial charge in [-0.1, -0.05) is 24.3 Å². The summed E-state index contributed by atoms with van der Waals surface area (Å²) in [5.41, 5.74) is 3.11. The summed E-state index contributed by atoms with van der Waals surface area (Å²) in [5, 5.41) is 8.25. The zero-order valence-corrected chi connectivity index (χ0v) is 18.2. The maximum Gasteiger partial charge on any atom is 0.378 e. The number of aromatic nitrogens is 8. The van der Waals surface area contributed by atoms with Gasteiger partial charge in [0.1, 0.15) is 13.2 Å².